The maximum Gasteiger partial charge on any atom is 0.234 e. The average molecular weight is 417 g/mol. The van der Waals surface area contributed by atoms with E-state index in [0.29, 0.717) is 16.7 Å². The molecular weight excluding hydrogens is 398 g/mol. The first-order chi connectivity index (χ1) is 14.7. The molecule has 2 aromatic carbocycles. The molecule has 0 radical (unpaired) electrons. The summed E-state index contributed by atoms with van der Waals surface area (Å²) in [5.41, 5.74) is 2.53. The number of thioether (sulfide) groups is 1. The lowest BCUT2D eigenvalue weighted by molar-refractivity contribution is -0.113. The number of aromatic nitrogens is 4. The quantitative estimate of drug-likeness (QED) is 0.457. The minimum atomic E-state index is -0.127. The molecule has 2 heterocycles. The third-order valence-electron chi connectivity index (χ3n) is 4.29. The summed E-state index contributed by atoms with van der Waals surface area (Å²) >= 11 is 1.33. The molecule has 0 aliphatic heterocycles. The number of pyridine rings is 1. The van der Waals surface area contributed by atoms with Crippen molar-refractivity contribution < 1.29 is 9.53 Å². The van der Waals surface area contributed by atoms with Crippen LogP contribution >= 0.6 is 11.8 Å². The number of methoxy groups -OCH3 is 1. The summed E-state index contributed by atoms with van der Waals surface area (Å²) in [5.74, 6) is 1.51. The van der Waals surface area contributed by atoms with Crippen LogP contribution < -0.4 is 10.1 Å². The van der Waals surface area contributed by atoms with Gasteiger partial charge in [0.25, 0.3) is 0 Å². The Balaban J connectivity index is 1.54. The largest absolute Gasteiger partial charge is 0.497 e. The number of carbonyl (C=O) groups excluding carboxylic acids is 1. The maximum absolute atomic E-state index is 12.4. The first kappa shape index (κ1) is 19.7. The van der Waals surface area contributed by atoms with E-state index in [1.54, 1.807) is 43.8 Å². The highest BCUT2D eigenvalue weighted by Crippen LogP contribution is 2.27. The Hall–Kier alpha value is -3.65. The van der Waals surface area contributed by atoms with Gasteiger partial charge in [0.2, 0.25) is 5.91 Å². The molecule has 0 aliphatic carbocycles. The summed E-state index contributed by atoms with van der Waals surface area (Å²) < 4.78 is 7.08. The van der Waals surface area contributed by atoms with Gasteiger partial charge in [-0.05, 0) is 48.5 Å². The van der Waals surface area contributed by atoms with E-state index in [9.17, 15) is 4.79 Å². The Morgan fingerprint density at radius 2 is 1.73 bits per heavy atom. The van der Waals surface area contributed by atoms with E-state index in [2.05, 4.69) is 20.5 Å². The van der Waals surface area contributed by atoms with Gasteiger partial charge in [-0.15, -0.1) is 10.2 Å². The zero-order chi connectivity index (χ0) is 20.8. The van der Waals surface area contributed by atoms with Crippen LogP contribution in [0.4, 0.5) is 5.69 Å². The normalized spacial score (nSPS) is 10.6. The first-order valence-electron chi connectivity index (χ1n) is 9.22. The molecule has 8 heteroatoms. The molecule has 0 saturated carbocycles. The van der Waals surface area contributed by atoms with E-state index in [4.69, 9.17) is 4.74 Å². The Labute approximate surface area is 178 Å². The van der Waals surface area contributed by atoms with Crippen molar-refractivity contribution in [3.05, 3.63) is 79.1 Å². The van der Waals surface area contributed by atoms with Gasteiger partial charge in [0.15, 0.2) is 11.0 Å². The standard InChI is InChI=1S/C22H19N5O2S/c1-29-19-9-7-17(8-10-19)24-20(28)15-30-22-26-25-21(16-11-13-23-14-12-16)27(22)18-5-3-2-4-6-18/h2-14H,15H2,1H3,(H,24,28). The number of para-hydroxylation sites is 1. The van der Waals surface area contributed by atoms with Crippen LogP contribution in [0, 0.1) is 0 Å². The van der Waals surface area contributed by atoms with Crippen LogP contribution in [-0.2, 0) is 4.79 Å². The number of nitrogens with zero attached hydrogens (tertiary/aromatic N) is 4. The number of anilines is 1. The predicted molar refractivity (Wildman–Crippen MR) is 117 cm³/mol. The summed E-state index contributed by atoms with van der Waals surface area (Å²) in [6.07, 6.45) is 3.43. The monoisotopic (exact) mass is 417 g/mol. The molecule has 0 unspecified atom stereocenters. The fourth-order valence-electron chi connectivity index (χ4n) is 2.86. The van der Waals surface area contributed by atoms with E-state index >= 15 is 0 Å². The van der Waals surface area contributed by atoms with E-state index in [1.807, 2.05) is 47.0 Å². The van der Waals surface area contributed by atoms with Gasteiger partial charge in [0.05, 0.1) is 12.9 Å². The molecule has 0 saturated heterocycles. The fourth-order valence-corrected chi connectivity index (χ4v) is 3.61. The molecule has 0 spiro atoms. The minimum Gasteiger partial charge on any atom is -0.497 e. The summed E-state index contributed by atoms with van der Waals surface area (Å²) in [4.78, 5) is 16.5. The summed E-state index contributed by atoms with van der Waals surface area (Å²) in [5, 5.41) is 12.2. The number of ether oxygens (including phenoxy) is 1. The number of carbonyl (C=O) groups is 1. The van der Waals surface area contributed by atoms with Crippen molar-refractivity contribution in [1.82, 2.24) is 19.7 Å². The lowest BCUT2D eigenvalue weighted by Crippen LogP contribution is -2.14. The second-order valence-corrected chi connectivity index (χ2v) is 7.22. The molecule has 7 nitrogen and oxygen atoms in total. The molecule has 30 heavy (non-hydrogen) atoms. The molecular formula is C22H19N5O2S. The second-order valence-electron chi connectivity index (χ2n) is 6.28. The van der Waals surface area contributed by atoms with Gasteiger partial charge in [0.1, 0.15) is 5.75 Å². The number of hydrogen-bond acceptors (Lipinski definition) is 6. The van der Waals surface area contributed by atoms with Gasteiger partial charge in [-0.25, -0.2) is 0 Å². The third kappa shape index (κ3) is 4.49. The fraction of sp³-hybridized carbons (Fsp3) is 0.0909. The van der Waals surface area contributed by atoms with Crippen LogP contribution in [0.5, 0.6) is 5.75 Å². The maximum atomic E-state index is 12.4. The van der Waals surface area contributed by atoms with Crippen LogP contribution in [-0.4, -0.2) is 38.5 Å². The Morgan fingerprint density at radius 3 is 2.43 bits per heavy atom. The molecule has 0 atom stereocenters. The van der Waals surface area contributed by atoms with Gasteiger partial charge in [-0.3, -0.25) is 14.3 Å². The van der Waals surface area contributed by atoms with Crippen molar-refractivity contribution in [2.45, 2.75) is 5.16 Å². The van der Waals surface area contributed by atoms with Crippen molar-refractivity contribution in [1.29, 1.82) is 0 Å². The van der Waals surface area contributed by atoms with E-state index in [1.165, 1.54) is 11.8 Å². The third-order valence-corrected chi connectivity index (χ3v) is 5.22. The van der Waals surface area contributed by atoms with Crippen LogP contribution in [0.2, 0.25) is 0 Å². The lowest BCUT2D eigenvalue weighted by atomic mass is 10.2. The Morgan fingerprint density at radius 1 is 1.00 bits per heavy atom. The van der Waals surface area contributed by atoms with Crippen LogP contribution in [0.3, 0.4) is 0 Å². The van der Waals surface area contributed by atoms with Gasteiger partial charge >= 0.3 is 0 Å². The molecule has 0 bridgehead atoms. The van der Waals surface area contributed by atoms with Gasteiger partial charge in [-0.2, -0.15) is 0 Å². The first-order valence-corrected chi connectivity index (χ1v) is 10.2. The minimum absolute atomic E-state index is 0.127. The molecule has 4 aromatic rings. The molecule has 2 aromatic heterocycles. The summed E-state index contributed by atoms with van der Waals surface area (Å²) in [7, 11) is 1.60. The number of amides is 1. The smallest absolute Gasteiger partial charge is 0.234 e. The van der Waals surface area contributed by atoms with Crippen molar-refractivity contribution in [3.63, 3.8) is 0 Å². The Kier molecular flexibility index (Phi) is 6.05. The van der Waals surface area contributed by atoms with Gasteiger partial charge < -0.3 is 10.1 Å². The lowest BCUT2D eigenvalue weighted by Gasteiger charge is -2.10. The zero-order valence-electron chi connectivity index (χ0n) is 16.2. The SMILES string of the molecule is COc1ccc(NC(=O)CSc2nnc(-c3ccncc3)n2-c2ccccc2)cc1. The van der Waals surface area contributed by atoms with E-state index < -0.39 is 0 Å². The molecule has 4 rings (SSSR count). The van der Waals surface area contributed by atoms with Crippen LogP contribution in [0.1, 0.15) is 0 Å². The van der Waals surface area contributed by atoms with E-state index in [-0.39, 0.29) is 11.7 Å². The average Bonchev–Trinajstić information content (AvgIpc) is 3.23. The van der Waals surface area contributed by atoms with Gasteiger partial charge in [-0.1, -0.05) is 30.0 Å². The van der Waals surface area contributed by atoms with Gasteiger partial charge in [0, 0.05) is 29.3 Å². The highest BCUT2D eigenvalue weighted by molar-refractivity contribution is 7.99. The molecule has 150 valence electrons. The molecule has 0 fully saturated rings. The zero-order valence-corrected chi connectivity index (χ0v) is 17.0. The van der Waals surface area contributed by atoms with Crippen molar-refractivity contribution in [2.24, 2.45) is 0 Å². The molecule has 1 amide bonds. The van der Waals surface area contributed by atoms with Crippen molar-refractivity contribution in [3.8, 4) is 22.8 Å². The highest BCUT2D eigenvalue weighted by Gasteiger charge is 2.17. The molecule has 1 N–H and O–H groups in total. The second kappa shape index (κ2) is 9.23. The topological polar surface area (TPSA) is 81.9 Å². The number of nitrogens with one attached hydrogen (secondary N) is 1. The summed E-state index contributed by atoms with van der Waals surface area (Å²) in [6, 6.07) is 20.8. The van der Waals surface area contributed by atoms with Crippen molar-refractivity contribution in [2.75, 3.05) is 18.2 Å². The Bertz CT molecular complexity index is 1120. The van der Waals surface area contributed by atoms with Crippen molar-refractivity contribution >= 4 is 23.4 Å². The molecule has 0 aliphatic rings. The van der Waals surface area contributed by atoms with E-state index in [0.717, 1.165) is 17.0 Å². The highest BCUT2D eigenvalue weighted by atomic mass is 32.2. The predicted octanol–water partition coefficient (Wildman–Crippen LogP) is 4.07. The van der Waals surface area contributed by atoms with Crippen LogP contribution in [0.25, 0.3) is 17.1 Å². The number of benzene rings is 2. The van der Waals surface area contributed by atoms with Crippen LogP contribution in [0.15, 0.2) is 84.3 Å². The summed E-state index contributed by atoms with van der Waals surface area (Å²) in [6.45, 7) is 0. The number of rotatable bonds is 7. The number of hydrogen-bond donors (Lipinski definition) is 1.